The molecule has 0 spiro atoms. The standard InChI is InChI=1S/C16H16BrFO2/c1-10(2)20-12-8-6-11(7-9-12)16(19)13-4-3-5-14(18)15(13)17/h3-10,16,19H,1-2H3. The zero-order valence-corrected chi connectivity index (χ0v) is 12.9. The fraction of sp³-hybridized carbons (Fsp3) is 0.250. The molecule has 106 valence electrons. The van der Waals surface area contributed by atoms with Gasteiger partial charge in [0, 0.05) is 5.56 Å². The van der Waals surface area contributed by atoms with E-state index in [2.05, 4.69) is 15.9 Å². The van der Waals surface area contributed by atoms with E-state index in [0.29, 0.717) is 11.1 Å². The van der Waals surface area contributed by atoms with Crippen molar-refractivity contribution in [2.75, 3.05) is 0 Å². The Balaban J connectivity index is 2.25. The SMILES string of the molecule is CC(C)Oc1ccc(C(O)c2cccc(F)c2Br)cc1. The summed E-state index contributed by atoms with van der Waals surface area (Å²) in [5.41, 5.74) is 1.19. The molecule has 0 heterocycles. The van der Waals surface area contributed by atoms with E-state index in [1.807, 2.05) is 13.8 Å². The Bertz CT molecular complexity index is 582. The molecule has 20 heavy (non-hydrogen) atoms. The van der Waals surface area contributed by atoms with Crippen molar-refractivity contribution in [1.29, 1.82) is 0 Å². The lowest BCUT2D eigenvalue weighted by atomic mass is 10.0. The van der Waals surface area contributed by atoms with Crippen LogP contribution in [0.15, 0.2) is 46.9 Å². The van der Waals surface area contributed by atoms with Crippen LogP contribution in [-0.2, 0) is 0 Å². The lowest BCUT2D eigenvalue weighted by Gasteiger charge is -2.15. The molecule has 2 rings (SSSR count). The topological polar surface area (TPSA) is 29.5 Å². The minimum atomic E-state index is -0.881. The highest BCUT2D eigenvalue weighted by molar-refractivity contribution is 9.10. The number of hydrogen-bond donors (Lipinski definition) is 1. The maximum Gasteiger partial charge on any atom is 0.137 e. The molecular weight excluding hydrogens is 323 g/mol. The zero-order valence-electron chi connectivity index (χ0n) is 11.3. The van der Waals surface area contributed by atoms with Crippen LogP contribution in [0.5, 0.6) is 5.75 Å². The second-order valence-corrected chi connectivity index (χ2v) is 5.57. The molecule has 2 aromatic rings. The lowest BCUT2D eigenvalue weighted by molar-refractivity contribution is 0.218. The summed E-state index contributed by atoms with van der Waals surface area (Å²) >= 11 is 3.17. The van der Waals surface area contributed by atoms with Crippen molar-refractivity contribution in [1.82, 2.24) is 0 Å². The smallest absolute Gasteiger partial charge is 0.137 e. The molecule has 0 aromatic heterocycles. The van der Waals surface area contributed by atoms with E-state index in [-0.39, 0.29) is 16.4 Å². The van der Waals surface area contributed by atoms with E-state index in [4.69, 9.17) is 4.74 Å². The normalized spacial score (nSPS) is 12.5. The average molecular weight is 339 g/mol. The van der Waals surface area contributed by atoms with E-state index >= 15 is 0 Å². The van der Waals surface area contributed by atoms with Crippen LogP contribution in [0.25, 0.3) is 0 Å². The first-order chi connectivity index (χ1) is 9.49. The summed E-state index contributed by atoms with van der Waals surface area (Å²) < 4.78 is 19.3. The minimum absolute atomic E-state index is 0.100. The van der Waals surface area contributed by atoms with Crippen LogP contribution in [0.3, 0.4) is 0 Å². The van der Waals surface area contributed by atoms with Crippen LogP contribution in [-0.4, -0.2) is 11.2 Å². The van der Waals surface area contributed by atoms with Gasteiger partial charge in [0.05, 0.1) is 10.6 Å². The van der Waals surface area contributed by atoms with Gasteiger partial charge in [0.15, 0.2) is 0 Å². The quantitative estimate of drug-likeness (QED) is 0.891. The van der Waals surface area contributed by atoms with Gasteiger partial charge >= 0.3 is 0 Å². The van der Waals surface area contributed by atoms with Gasteiger partial charge in [-0.1, -0.05) is 24.3 Å². The number of halogens is 2. The van der Waals surface area contributed by atoms with Crippen LogP contribution < -0.4 is 4.74 Å². The molecule has 0 amide bonds. The molecule has 4 heteroatoms. The molecule has 0 aliphatic heterocycles. The van der Waals surface area contributed by atoms with E-state index in [0.717, 1.165) is 5.75 Å². The first-order valence-corrected chi connectivity index (χ1v) is 7.17. The molecule has 1 atom stereocenters. The Morgan fingerprint density at radius 3 is 2.35 bits per heavy atom. The minimum Gasteiger partial charge on any atom is -0.491 e. The maximum absolute atomic E-state index is 13.5. The zero-order chi connectivity index (χ0) is 14.7. The third kappa shape index (κ3) is 3.38. The Kier molecular flexibility index (Phi) is 4.78. The second-order valence-electron chi connectivity index (χ2n) is 4.78. The molecule has 0 radical (unpaired) electrons. The highest BCUT2D eigenvalue weighted by Gasteiger charge is 2.16. The van der Waals surface area contributed by atoms with Crippen molar-refractivity contribution in [3.05, 3.63) is 63.9 Å². The van der Waals surface area contributed by atoms with Crippen molar-refractivity contribution >= 4 is 15.9 Å². The maximum atomic E-state index is 13.5. The Morgan fingerprint density at radius 2 is 1.75 bits per heavy atom. The molecule has 0 aliphatic carbocycles. The summed E-state index contributed by atoms with van der Waals surface area (Å²) in [7, 11) is 0. The number of aliphatic hydroxyl groups is 1. The van der Waals surface area contributed by atoms with Crippen molar-refractivity contribution < 1.29 is 14.2 Å². The molecule has 0 fully saturated rings. The van der Waals surface area contributed by atoms with Gasteiger partial charge in [0.25, 0.3) is 0 Å². The third-order valence-corrected chi connectivity index (χ3v) is 3.68. The highest BCUT2D eigenvalue weighted by atomic mass is 79.9. The van der Waals surface area contributed by atoms with Gasteiger partial charge in [0.1, 0.15) is 17.7 Å². The van der Waals surface area contributed by atoms with Crippen molar-refractivity contribution in [3.8, 4) is 5.75 Å². The Labute approximate surface area is 126 Å². The van der Waals surface area contributed by atoms with Crippen LogP contribution in [0, 0.1) is 5.82 Å². The van der Waals surface area contributed by atoms with Gasteiger partial charge < -0.3 is 9.84 Å². The largest absolute Gasteiger partial charge is 0.491 e. The monoisotopic (exact) mass is 338 g/mol. The number of aliphatic hydroxyl groups excluding tert-OH is 1. The van der Waals surface area contributed by atoms with Gasteiger partial charge in [-0.15, -0.1) is 0 Å². The number of benzene rings is 2. The van der Waals surface area contributed by atoms with Crippen molar-refractivity contribution in [2.45, 2.75) is 26.1 Å². The molecule has 1 N–H and O–H groups in total. The molecule has 2 aromatic carbocycles. The average Bonchev–Trinajstić information content (AvgIpc) is 2.41. The van der Waals surface area contributed by atoms with Crippen LogP contribution in [0.2, 0.25) is 0 Å². The van der Waals surface area contributed by atoms with Gasteiger partial charge in [0.2, 0.25) is 0 Å². The lowest BCUT2D eigenvalue weighted by Crippen LogP contribution is -2.06. The predicted octanol–water partition coefficient (Wildman–Crippen LogP) is 4.46. The number of hydrogen-bond acceptors (Lipinski definition) is 2. The van der Waals surface area contributed by atoms with E-state index in [9.17, 15) is 9.50 Å². The summed E-state index contributed by atoms with van der Waals surface area (Å²) in [6, 6.07) is 11.8. The first kappa shape index (κ1) is 15.0. The van der Waals surface area contributed by atoms with Crippen LogP contribution >= 0.6 is 15.9 Å². The number of ether oxygens (including phenoxy) is 1. The summed E-state index contributed by atoms with van der Waals surface area (Å²) in [4.78, 5) is 0. The van der Waals surface area contributed by atoms with E-state index < -0.39 is 6.10 Å². The van der Waals surface area contributed by atoms with Crippen LogP contribution in [0.4, 0.5) is 4.39 Å². The van der Waals surface area contributed by atoms with Gasteiger partial charge in [-0.2, -0.15) is 0 Å². The molecule has 2 nitrogen and oxygen atoms in total. The van der Waals surface area contributed by atoms with E-state index in [1.165, 1.54) is 6.07 Å². The molecule has 0 saturated carbocycles. The highest BCUT2D eigenvalue weighted by Crippen LogP contribution is 2.31. The van der Waals surface area contributed by atoms with Crippen LogP contribution in [0.1, 0.15) is 31.1 Å². The Hall–Kier alpha value is -1.39. The molecule has 0 bridgehead atoms. The summed E-state index contributed by atoms with van der Waals surface area (Å²) in [5.74, 6) is 0.357. The summed E-state index contributed by atoms with van der Waals surface area (Å²) in [6.45, 7) is 3.90. The predicted molar refractivity (Wildman–Crippen MR) is 80.4 cm³/mol. The molecule has 0 saturated heterocycles. The van der Waals surface area contributed by atoms with Gasteiger partial charge in [-0.3, -0.25) is 0 Å². The molecule has 1 unspecified atom stereocenters. The fourth-order valence-corrected chi connectivity index (χ4v) is 2.39. The van der Waals surface area contributed by atoms with Crippen molar-refractivity contribution in [2.24, 2.45) is 0 Å². The Morgan fingerprint density at radius 1 is 1.10 bits per heavy atom. The van der Waals surface area contributed by atoms with Gasteiger partial charge in [-0.25, -0.2) is 4.39 Å². The van der Waals surface area contributed by atoms with Gasteiger partial charge in [-0.05, 0) is 53.5 Å². The second kappa shape index (κ2) is 6.37. The third-order valence-electron chi connectivity index (χ3n) is 2.84. The summed E-state index contributed by atoms with van der Waals surface area (Å²) in [6.07, 6.45) is -0.781. The van der Waals surface area contributed by atoms with E-state index in [1.54, 1.807) is 36.4 Å². The molecule has 0 aliphatic rings. The fourth-order valence-electron chi connectivity index (χ4n) is 1.91. The number of rotatable bonds is 4. The summed E-state index contributed by atoms with van der Waals surface area (Å²) in [5, 5.41) is 10.3. The molecular formula is C16H16BrFO2. The first-order valence-electron chi connectivity index (χ1n) is 6.37. The van der Waals surface area contributed by atoms with Crippen molar-refractivity contribution in [3.63, 3.8) is 0 Å².